The number of aromatic amines is 1. The third kappa shape index (κ3) is 5.70. The van der Waals surface area contributed by atoms with Crippen LogP contribution in [0.15, 0.2) is 82.6 Å². The number of rotatable bonds is 8. The summed E-state index contributed by atoms with van der Waals surface area (Å²) in [6.07, 6.45) is -3.93. The van der Waals surface area contributed by atoms with E-state index in [9.17, 15) is 37.1 Å². The normalized spacial score (nSPS) is 25.8. The molecule has 3 aromatic carbocycles. The molecule has 8 rings (SSSR count). The van der Waals surface area contributed by atoms with Gasteiger partial charge in [0, 0.05) is 16.0 Å². The van der Waals surface area contributed by atoms with Gasteiger partial charge in [0.25, 0.3) is 5.91 Å². The molecule has 2 N–H and O–H groups in total. The number of esters is 1. The Morgan fingerprint density at radius 2 is 1.63 bits per heavy atom. The van der Waals surface area contributed by atoms with Gasteiger partial charge in [0.05, 0.1) is 46.0 Å². The summed E-state index contributed by atoms with van der Waals surface area (Å²) < 4.78 is 50.8. The van der Waals surface area contributed by atoms with Crippen LogP contribution in [0.5, 0.6) is 5.75 Å². The minimum Gasteiger partial charge on any atom is -0.484 e. The molecule has 0 unspecified atom stereocenters. The van der Waals surface area contributed by atoms with E-state index in [0.29, 0.717) is 23.4 Å². The second-order valence-corrected chi connectivity index (χ2v) is 15.4. The molecule has 10 nitrogen and oxygen atoms in total. The Labute approximate surface area is 302 Å². The number of amides is 3. The number of anilines is 2. The number of imide groups is 1. The molecule has 15 heteroatoms. The highest BCUT2D eigenvalue weighted by molar-refractivity contribution is 8.00. The van der Waals surface area contributed by atoms with Crippen molar-refractivity contribution in [3.8, 4) is 5.75 Å². The number of nitrogens with zero attached hydrogens (tertiary/aromatic N) is 1. The van der Waals surface area contributed by atoms with Crippen molar-refractivity contribution in [2.75, 3.05) is 23.4 Å². The number of benzene rings is 3. The Hall–Kier alpha value is -4.89. The van der Waals surface area contributed by atoms with Gasteiger partial charge in [-0.1, -0.05) is 35.6 Å². The van der Waals surface area contributed by atoms with E-state index in [-0.39, 0.29) is 57.9 Å². The predicted octanol–water partition coefficient (Wildman–Crippen LogP) is 6.33. The van der Waals surface area contributed by atoms with Crippen LogP contribution in [-0.4, -0.2) is 47.1 Å². The van der Waals surface area contributed by atoms with E-state index in [4.69, 9.17) is 9.47 Å². The molecule has 4 aromatic rings. The van der Waals surface area contributed by atoms with Gasteiger partial charge in [0.15, 0.2) is 6.61 Å². The van der Waals surface area contributed by atoms with E-state index in [0.717, 1.165) is 32.9 Å². The first-order valence-corrected chi connectivity index (χ1v) is 18.4. The minimum absolute atomic E-state index is 0.0314. The summed E-state index contributed by atoms with van der Waals surface area (Å²) >= 11 is 2.69. The lowest BCUT2D eigenvalue weighted by Gasteiger charge is -2.43. The van der Waals surface area contributed by atoms with E-state index in [1.807, 2.05) is 12.1 Å². The van der Waals surface area contributed by atoms with Gasteiger partial charge in [0.1, 0.15) is 5.75 Å². The van der Waals surface area contributed by atoms with Gasteiger partial charge in [-0.3, -0.25) is 24.1 Å². The zero-order valence-corrected chi connectivity index (χ0v) is 29.0. The van der Waals surface area contributed by atoms with Gasteiger partial charge < -0.3 is 19.8 Å². The SMILES string of the molecule is CCOC(=O)c1ccc(N2C(=O)[C@H]3[C@H]4C[C@@H]([C@@H]3C2=O)[C@@H]2[C@H](c3ccc(OCC(=O)Nc5ccccc5C(F)(F)F)cc3)c3sc(=O)[nH]c3S[C@H]42)cc1. The topological polar surface area (TPSA) is 135 Å². The molecule has 2 aliphatic carbocycles. The number of aromatic nitrogens is 1. The smallest absolute Gasteiger partial charge is 0.418 e. The van der Waals surface area contributed by atoms with E-state index in [2.05, 4.69) is 10.3 Å². The number of hydrogen-bond acceptors (Lipinski definition) is 9. The first-order valence-electron chi connectivity index (χ1n) is 16.7. The van der Waals surface area contributed by atoms with Gasteiger partial charge in [-0.25, -0.2) is 4.79 Å². The highest BCUT2D eigenvalue weighted by Crippen LogP contribution is 2.68. The van der Waals surface area contributed by atoms with Crippen LogP contribution in [0.25, 0.3) is 0 Å². The quantitative estimate of drug-likeness (QED) is 0.158. The summed E-state index contributed by atoms with van der Waals surface area (Å²) in [4.78, 5) is 70.2. The zero-order valence-electron chi connectivity index (χ0n) is 27.3. The first kappa shape index (κ1) is 34.2. The molecule has 7 atom stereocenters. The lowest BCUT2D eigenvalue weighted by molar-refractivity contribution is -0.137. The van der Waals surface area contributed by atoms with Crippen LogP contribution in [0.3, 0.4) is 0 Å². The van der Waals surface area contributed by atoms with Crippen LogP contribution in [0.2, 0.25) is 0 Å². The van der Waals surface area contributed by atoms with Crippen molar-refractivity contribution >= 4 is 58.2 Å². The van der Waals surface area contributed by atoms with Crippen LogP contribution in [0.1, 0.15) is 45.6 Å². The molecular weight excluding hydrogens is 720 g/mol. The third-order valence-electron chi connectivity index (χ3n) is 10.5. The number of alkyl halides is 3. The average Bonchev–Trinajstić information content (AvgIpc) is 3.86. The largest absolute Gasteiger partial charge is 0.484 e. The molecule has 2 bridgehead atoms. The summed E-state index contributed by atoms with van der Waals surface area (Å²) in [6, 6.07) is 18.0. The number of ether oxygens (including phenoxy) is 2. The average molecular weight is 750 g/mol. The van der Waals surface area contributed by atoms with Gasteiger partial charge in [-0.2, -0.15) is 13.2 Å². The predicted molar refractivity (Wildman–Crippen MR) is 185 cm³/mol. The molecule has 52 heavy (non-hydrogen) atoms. The summed E-state index contributed by atoms with van der Waals surface area (Å²) in [5.41, 5.74) is 0.268. The minimum atomic E-state index is -4.64. The summed E-state index contributed by atoms with van der Waals surface area (Å²) in [5.74, 6) is -2.97. The van der Waals surface area contributed by atoms with Crippen molar-refractivity contribution in [1.29, 1.82) is 0 Å². The van der Waals surface area contributed by atoms with Crippen molar-refractivity contribution in [2.45, 2.75) is 35.7 Å². The number of halogens is 3. The first-order chi connectivity index (χ1) is 24.9. The molecule has 2 aliphatic heterocycles. The van der Waals surface area contributed by atoms with E-state index < -0.39 is 42.1 Å². The lowest BCUT2D eigenvalue weighted by atomic mass is 9.68. The molecule has 0 spiro atoms. The number of thiazole rings is 1. The van der Waals surface area contributed by atoms with Gasteiger partial charge >= 0.3 is 17.0 Å². The zero-order chi connectivity index (χ0) is 36.5. The highest BCUT2D eigenvalue weighted by Gasteiger charge is 2.69. The maximum Gasteiger partial charge on any atom is 0.418 e. The molecular formula is C37H30F3N3O7S2. The number of carbonyl (C=O) groups is 4. The van der Waals surface area contributed by atoms with Crippen LogP contribution in [0, 0.1) is 29.6 Å². The fraction of sp³-hybridized carbons (Fsp3) is 0.324. The lowest BCUT2D eigenvalue weighted by Crippen LogP contribution is -2.42. The second kappa shape index (κ2) is 13.0. The molecule has 2 saturated carbocycles. The van der Waals surface area contributed by atoms with Crippen molar-refractivity contribution in [1.82, 2.24) is 4.98 Å². The Kier molecular flexibility index (Phi) is 8.52. The van der Waals surface area contributed by atoms with Crippen molar-refractivity contribution in [2.24, 2.45) is 29.6 Å². The van der Waals surface area contributed by atoms with Crippen LogP contribution in [0.4, 0.5) is 24.5 Å². The Morgan fingerprint density at radius 1 is 0.942 bits per heavy atom. The number of para-hydroxylation sites is 1. The van der Waals surface area contributed by atoms with Gasteiger partial charge in [0.2, 0.25) is 11.8 Å². The summed E-state index contributed by atoms with van der Waals surface area (Å²) in [7, 11) is 0. The number of fused-ring (bicyclic) bond motifs is 9. The standard InChI is InChI=1S/C37H30F3N3O7S2/c1-2-49-35(47)18-7-11-19(12-8-18)43-33(45)28-21-15-22(29(28)34(43)46)30-27(21)26(31-32(51-30)42-36(48)52-31)17-9-13-20(14-10-17)50-16-25(44)41-24-6-4-3-5-23(24)37(38,39)40/h3-14,21-22,26-30H,2,15-16H2,1H3,(H,41,44)(H,42,48)/t21-,22-,26+,27-,28+,29+,30-/m1/s1. The van der Waals surface area contributed by atoms with Crippen LogP contribution >= 0.6 is 23.1 Å². The number of nitrogens with one attached hydrogen (secondary N) is 2. The summed E-state index contributed by atoms with van der Waals surface area (Å²) in [5, 5.41) is 2.99. The Bertz CT molecular complexity index is 2150. The number of H-pyrrole nitrogens is 1. The van der Waals surface area contributed by atoms with Crippen LogP contribution in [-0.2, 0) is 25.3 Å². The molecule has 1 aromatic heterocycles. The van der Waals surface area contributed by atoms with Crippen LogP contribution < -0.4 is 19.8 Å². The number of carbonyl (C=O) groups excluding carboxylic acids is 4. The highest BCUT2D eigenvalue weighted by atomic mass is 32.2. The molecule has 0 radical (unpaired) electrons. The summed E-state index contributed by atoms with van der Waals surface area (Å²) in [6.45, 7) is 1.41. The fourth-order valence-corrected chi connectivity index (χ4v) is 11.4. The fourth-order valence-electron chi connectivity index (χ4n) is 8.55. The number of hydrogen-bond donors (Lipinski definition) is 2. The van der Waals surface area contributed by atoms with Crippen molar-refractivity contribution < 1.29 is 41.8 Å². The molecule has 268 valence electrons. The number of thioether (sulfide) groups is 1. The Balaban J connectivity index is 1.02. The van der Waals surface area contributed by atoms with Crippen molar-refractivity contribution in [3.05, 3.63) is 104 Å². The molecule has 3 heterocycles. The van der Waals surface area contributed by atoms with Gasteiger partial charge in [-0.05, 0) is 85.2 Å². The van der Waals surface area contributed by atoms with Crippen molar-refractivity contribution in [3.63, 3.8) is 0 Å². The maximum absolute atomic E-state index is 14.1. The maximum atomic E-state index is 14.1. The van der Waals surface area contributed by atoms with Gasteiger partial charge in [-0.15, -0.1) is 11.8 Å². The molecule has 3 amide bonds. The third-order valence-corrected chi connectivity index (χ3v) is 13.1. The van der Waals surface area contributed by atoms with E-state index in [1.54, 1.807) is 55.1 Å². The molecule has 3 fully saturated rings. The second-order valence-electron chi connectivity index (χ2n) is 13.2. The monoisotopic (exact) mass is 749 g/mol. The van der Waals surface area contributed by atoms with E-state index >= 15 is 0 Å². The van der Waals surface area contributed by atoms with E-state index in [1.165, 1.54) is 23.1 Å². The molecule has 4 aliphatic rings. The Morgan fingerprint density at radius 3 is 2.33 bits per heavy atom. The molecule has 1 saturated heterocycles.